The average Bonchev–Trinajstić information content (AvgIpc) is 2.61. The van der Waals surface area contributed by atoms with Gasteiger partial charge >= 0.3 is 0 Å². The number of rotatable bonds is 8. The van der Waals surface area contributed by atoms with Gasteiger partial charge in [0, 0.05) is 6.04 Å². The van der Waals surface area contributed by atoms with E-state index in [0.717, 1.165) is 12.8 Å². The fourth-order valence-electron chi connectivity index (χ4n) is 2.71. The van der Waals surface area contributed by atoms with E-state index in [-0.39, 0.29) is 28.2 Å². The molecule has 4 nitrogen and oxygen atoms in total. The summed E-state index contributed by atoms with van der Waals surface area (Å²) in [5.41, 5.74) is 1.44. The van der Waals surface area contributed by atoms with Crippen molar-refractivity contribution in [1.82, 2.24) is 5.32 Å². The number of hydrogen-bond donors (Lipinski definition) is 1. The second-order valence-electron chi connectivity index (χ2n) is 6.21. The number of carbonyl (C=O) groups is 1. The first kappa shape index (κ1) is 19.2. The Kier molecular flexibility index (Phi) is 6.76. The molecule has 0 heterocycles. The highest BCUT2D eigenvalue weighted by molar-refractivity contribution is 7.91. The molecule has 0 aromatic heterocycles. The second-order valence-corrected chi connectivity index (χ2v) is 8.29. The maximum atomic E-state index is 12.6. The lowest BCUT2D eigenvalue weighted by Crippen LogP contribution is -2.33. The van der Waals surface area contributed by atoms with Gasteiger partial charge in [-0.15, -0.1) is 0 Å². The van der Waals surface area contributed by atoms with Gasteiger partial charge in [0.1, 0.15) is 0 Å². The highest BCUT2D eigenvalue weighted by atomic mass is 32.2. The molecule has 0 aliphatic rings. The van der Waals surface area contributed by atoms with Crippen molar-refractivity contribution < 1.29 is 13.2 Å². The normalized spacial score (nSPS) is 12.6. The summed E-state index contributed by atoms with van der Waals surface area (Å²) in [7, 11) is -3.44. The number of hydrogen-bond acceptors (Lipinski definition) is 3. The number of aryl methyl sites for hydroxylation is 1. The van der Waals surface area contributed by atoms with Gasteiger partial charge in [-0.25, -0.2) is 8.42 Å². The Hall–Kier alpha value is -2.14. The molecule has 134 valence electrons. The Labute approximate surface area is 150 Å². The topological polar surface area (TPSA) is 63.2 Å². The van der Waals surface area contributed by atoms with Crippen molar-refractivity contribution in [2.45, 2.75) is 44.0 Å². The van der Waals surface area contributed by atoms with E-state index >= 15 is 0 Å². The van der Waals surface area contributed by atoms with Gasteiger partial charge in [-0.3, -0.25) is 4.79 Å². The monoisotopic (exact) mass is 359 g/mol. The molecule has 2 aromatic carbocycles. The molecular formula is C20H25NO3S. The molecular weight excluding hydrogens is 334 g/mol. The fraction of sp³-hybridized carbons (Fsp3) is 0.350. The minimum atomic E-state index is -3.44. The fourth-order valence-corrected chi connectivity index (χ4v) is 4.24. The third-order valence-electron chi connectivity index (χ3n) is 4.03. The second kappa shape index (κ2) is 8.81. The predicted octanol–water partition coefficient (Wildman–Crippen LogP) is 3.62. The highest BCUT2D eigenvalue weighted by Gasteiger charge is 2.22. The number of sulfone groups is 1. The van der Waals surface area contributed by atoms with Crippen LogP contribution in [0, 0.1) is 0 Å². The molecule has 1 N–H and O–H groups in total. The standard InChI is InChI=1S/C20H25NO3S/c1-3-15-25(23,24)19-12-8-7-11-18(19)20(22)21-16(2)13-14-17-9-5-4-6-10-17/h4-12,16H,3,13-15H2,1-2H3,(H,21,22)/t16-/m0/s1. The molecule has 2 aromatic rings. The van der Waals surface area contributed by atoms with Crippen LogP contribution in [-0.4, -0.2) is 26.1 Å². The summed E-state index contributed by atoms with van der Waals surface area (Å²) in [4.78, 5) is 12.7. The van der Waals surface area contributed by atoms with Crippen molar-refractivity contribution >= 4 is 15.7 Å². The van der Waals surface area contributed by atoms with Gasteiger partial charge < -0.3 is 5.32 Å². The summed E-state index contributed by atoms with van der Waals surface area (Å²) in [5.74, 6) is -0.295. The maximum absolute atomic E-state index is 12.6. The van der Waals surface area contributed by atoms with Crippen LogP contribution in [-0.2, 0) is 16.3 Å². The van der Waals surface area contributed by atoms with Crippen LogP contribution in [0.15, 0.2) is 59.5 Å². The molecule has 0 unspecified atom stereocenters. The van der Waals surface area contributed by atoms with Crippen molar-refractivity contribution in [3.63, 3.8) is 0 Å². The van der Waals surface area contributed by atoms with Crippen molar-refractivity contribution in [3.05, 3.63) is 65.7 Å². The van der Waals surface area contributed by atoms with Crippen molar-refractivity contribution in [3.8, 4) is 0 Å². The maximum Gasteiger partial charge on any atom is 0.252 e. The summed E-state index contributed by atoms with van der Waals surface area (Å²) in [5, 5.41) is 2.92. The summed E-state index contributed by atoms with van der Waals surface area (Å²) in [6.07, 6.45) is 2.17. The lowest BCUT2D eigenvalue weighted by atomic mass is 10.1. The summed E-state index contributed by atoms with van der Waals surface area (Å²) >= 11 is 0. The van der Waals surface area contributed by atoms with Gasteiger partial charge in [0.2, 0.25) is 0 Å². The number of carbonyl (C=O) groups excluding carboxylic acids is 1. The van der Waals surface area contributed by atoms with E-state index in [4.69, 9.17) is 0 Å². The number of amides is 1. The first-order valence-corrected chi connectivity index (χ1v) is 10.3. The number of nitrogens with one attached hydrogen (secondary N) is 1. The van der Waals surface area contributed by atoms with E-state index in [0.29, 0.717) is 6.42 Å². The first-order valence-electron chi connectivity index (χ1n) is 8.60. The van der Waals surface area contributed by atoms with E-state index in [1.54, 1.807) is 18.2 Å². The van der Waals surface area contributed by atoms with Crippen molar-refractivity contribution in [2.75, 3.05) is 5.75 Å². The zero-order chi connectivity index (χ0) is 18.3. The van der Waals surface area contributed by atoms with E-state index in [1.165, 1.54) is 11.6 Å². The average molecular weight is 359 g/mol. The first-order chi connectivity index (χ1) is 11.9. The molecule has 0 spiro atoms. The molecule has 1 amide bonds. The van der Waals surface area contributed by atoms with Gasteiger partial charge in [-0.2, -0.15) is 0 Å². The summed E-state index contributed by atoms with van der Waals surface area (Å²) in [6.45, 7) is 3.75. The van der Waals surface area contributed by atoms with E-state index in [1.807, 2.05) is 32.0 Å². The molecule has 0 bridgehead atoms. The largest absolute Gasteiger partial charge is 0.350 e. The van der Waals surface area contributed by atoms with Crippen molar-refractivity contribution in [2.24, 2.45) is 0 Å². The van der Waals surface area contributed by atoms with Gasteiger partial charge in [0.05, 0.1) is 16.2 Å². The van der Waals surface area contributed by atoms with Gasteiger partial charge in [-0.05, 0) is 43.9 Å². The molecule has 0 aliphatic carbocycles. The lowest BCUT2D eigenvalue weighted by molar-refractivity contribution is 0.0935. The van der Waals surface area contributed by atoms with Crippen LogP contribution >= 0.6 is 0 Å². The molecule has 0 saturated carbocycles. The van der Waals surface area contributed by atoms with Crippen LogP contribution in [0.3, 0.4) is 0 Å². The van der Waals surface area contributed by atoms with Crippen LogP contribution in [0.4, 0.5) is 0 Å². The molecule has 0 saturated heterocycles. The predicted molar refractivity (Wildman–Crippen MR) is 100 cm³/mol. The smallest absolute Gasteiger partial charge is 0.252 e. The molecule has 2 rings (SSSR count). The van der Waals surface area contributed by atoms with E-state index in [9.17, 15) is 13.2 Å². The third-order valence-corrected chi connectivity index (χ3v) is 6.00. The van der Waals surface area contributed by atoms with E-state index < -0.39 is 9.84 Å². The van der Waals surface area contributed by atoms with Gasteiger partial charge in [0.25, 0.3) is 5.91 Å². The number of benzene rings is 2. The lowest BCUT2D eigenvalue weighted by Gasteiger charge is -2.16. The summed E-state index contributed by atoms with van der Waals surface area (Å²) < 4.78 is 24.7. The SMILES string of the molecule is CCCS(=O)(=O)c1ccccc1C(=O)N[C@@H](C)CCc1ccccc1. The minimum absolute atomic E-state index is 0.0425. The Morgan fingerprint density at radius 1 is 1.04 bits per heavy atom. The summed E-state index contributed by atoms with van der Waals surface area (Å²) in [6, 6.07) is 16.4. The van der Waals surface area contributed by atoms with E-state index in [2.05, 4.69) is 17.4 Å². The Morgan fingerprint density at radius 3 is 2.36 bits per heavy atom. The van der Waals surface area contributed by atoms with Crippen LogP contribution in [0.25, 0.3) is 0 Å². The Bertz CT molecular complexity index is 801. The third kappa shape index (κ3) is 5.43. The van der Waals surface area contributed by atoms with Gasteiger partial charge in [-0.1, -0.05) is 49.4 Å². The molecule has 0 fully saturated rings. The highest BCUT2D eigenvalue weighted by Crippen LogP contribution is 2.18. The van der Waals surface area contributed by atoms with Crippen molar-refractivity contribution in [1.29, 1.82) is 0 Å². The van der Waals surface area contributed by atoms with Crippen LogP contribution in [0.5, 0.6) is 0 Å². The zero-order valence-corrected chi connectivity index (χ0v) is 15.6. The molecule has 25 heavy (non-hydrogen) atoms. The minimum Gasteiger partial charge on any atom is -0.350 e. The van der Waals surface area contributed by atoms with Crippen LogP contribution < -0.4 is 5.32 Å². The Morgan fingerprint density at radius 2 is 1.68 bits per heavy atom. The molecule has 5 heteroatoms. The molecule has 0 aliphatic heterocycles. The Balaban J connectivity index is 2.06. The molecule has 0 radical (unpaired) electrons. The quantitative estimate of drug-likeness (QED) is 0.783. The van der Waals surface area contributed by atoms with Gasteiger partial charge in [0.15, 0.2) is 9.84 Å². The molecule has 1 atom stereocenters. The van der Waals surface area contributed by atoms with Crippen LogP contribution in [0.1, 0.15) is 42.6 Å². The van der Waals surface area contributed by atoms with Crippen LogP contribution in [0.2, 0.25) is 0 Å². The zero-order valence-electron chi connectivity index (χ0n) is 14.7.